The minimum Gasteiger partial charge on any atom is -0.371 e. The molecule has 112 valence electrons. The number of nitrogens with zero attached hydrogens (tertiary/aromatic N) is 1. The number of ether oxygens (including phenoxy) is 1. The van der Waals surface area contributed by atoms with Crippen molar-refractivity contribution in [2.75, 3.05) is 32.8 Å². The van der Waals surface area contributed by atoms with Gasteiger partial charge in [-0.2, -0.15) is 13.2 Å². The van der Waals surface area contributed by atoms with Crippen LogP contribution < -0.4 is 5.73 Å². The smallest absolute Gasteiger partial charge is 0.371 e. The normalized spacial score (nSPS) is 19.9. The average Bonchev–Trinajstić information content (AvgIpc) is 2.42. The number of nitrogens with two attached hydrogens (primary N) is 1. The van der Waals surface area contributed by atoms with Crippen molar-refractivity contribution >= 4 is 0 Å². The number of hydrogen-bond donors (Lipinski definition) is 1. The first-order chi connectivity index (χ1) is 9.51. The Labute approximate surface area is 116 Å². The quantitative estimate of drug-likeness (QED) is 0.844. The first-order valence-electron chi connectivity index (χ1n) is 6.67. The van der Waals surface area contributed by atoms with Crippen LogP contribution in [-0.2, 0) is 11.2 Å². The third kappa shape index (κ3) is 3.94. The fourth-order valence-corrected chi connectivity index (χ4v) is 2.62. The molecule has 0 fully saturated rings. The van der Waals surface area contributed by atoms with E-state index in [9.17, 15) is 13.2 Å². The fourth-order valence-electron chi connectivity index (χ4n) is 2.62. The Morgan fingerprint density at radius 3 is 2.75 bits per heavy atom. The molecular formula is C14H19F3N2O. The molecule has 1 atom stereocenters. The molecule has 1 heterocycles. The number of hydrogen-bond acceptors (Lipinski definition) is 3. The highest BCUT2D eigenvalue weighted by molar-refractivity contribution is 5.32. The van der Waals surface area contributed by atoms with Crippen LogP contribution in [0.5, 0.6) is 0 Å². The molecule has 1 aromatic rings. The summed E-state index contributed by atoms with van der Waals surface area (Å²) < 4.78 is 40.7. The van der Waals surface area contributed by atoms with Gasteiger partial charge in [0.1, 0.15) is 6.61 Å². The van der Waals surface area contributed by atoms with E-state index in [0.29, 0.717) is 13.1 Å². The molecule has 0 amide bonds. The van der Waals surface area contributed by atoms with Crippen molar-refractivity contribution in [3.05, 3.63) is 35.4 Å². The zero-order chi connectivity index (χ0) is 14.6. The maximum Gasteiger partial charge on any atom is 0.411 e. The lowest BCUT2D eigenvalue weighted by Crippen LogP contribution is -2.41. The summed E-state index contributed by atoms with van der Waals surface area (Å²) in [6.07, 6.45) is -3.37. The largest absolute Gasteiger partial charge is 0.411 e. The summed E-state index contributed by atoms with van der Waals surface area (Å²) in [6, 6.07) is 8.14. The first kappa shape index (κ1) is 15.3. The van der Waals surface area contributed by atoms with Crippen molar-refractivity contribution in [1.29, 1.82) is 0 Å². The zero-order valence-corrected chi connectivity index (χ0v) is 11.2. The Kier molecular flexibility index (Phi) is 5.01. The molecule has 1 aliphatic rings. The monoisotopic (exact) mass is 288 g/mol. The lowest BCUT2D eigenvalue weighted by Gasteiger charge is -2.36. The van der Waals surface area contributed by atoms with Crippen molar-refractivity contribution in [2.45, 2.75) is 18.6 Å². The van der Waals surface area contributed by atoms with Crippen LogP contribution in [0.3, 0.4) is 0 Å². The molecule has 6 heteroatoms. The molecule has 2 rings (SSSR count). The van der Waals surface area contributed by atoms with E-state index < -0.39 is 12.8 Å². The standard InChI is InChI=1S/C14H19F3N2O/c15-14(16,17)10-20-8-7-19-6-5-11-3-1-2-4-12(11)13(19)9-18/h1-4,13H,5-10,18H2. The van der Waals surface area contributed by atoms with E-state index in [4.69, 9.17) is 5.73 Å². The van der Waals surface area contributed by atoms with Gasteiger partial charge in [-0.25, -0.2) is 0 Å². The van der Waals surface area contributed by atoms with E-state index >= 15 is 0 Å². The number of benzene rings is 1. The van der Waals surface area contributed by atoms with Crippen LogP contribution in [0.15, 0.2) is 24.3 Å². The average molecular weight is 288 g/mol. The molecule has 0 radical (unpaired) electrons. The lowest BCUT2D eigenvalue weighted by atomic mass is 9.92. The van der Waals surface area contributed by atoms with Crippen molar-refractivity contribution in [3.63, 3.8) is 0 Å². The van der Waals surface area contributed by atoms with Crippen molar-refractivity contribution in [1.82, 2.24) is 4.90 Å². The van der Waals surface area contributed by atoms with Crippen LogP contribution >= 0.6 is 0 Å². The SMILES string of the molecule is NCC1c2ccccc2CCN1CCOCC(F)(F)F. The topological polar surface area (TPSA) is 38.5 Å². The second-order valence-electron chi connectivity index (χ2n) is 4.90. The van der Waals surface area contributed by atoms with Gasteiger partial charge in [0.15, 0.2) is 0 Å². The lowest BCUT2D eigenvalue weighted by molar-refractivity contribution is -0.174. The highest BCUT2D eigenvalue weighted by Crippen LogP contribution is 2.28. The van der Waals surface area contributed by atoms with E-state index in [1.54, 1.807) is 0 Å². The van der Waals surface area contributed by atoms with Crippen LogP contribution in [-0.4, -0.2) is 43.9 Å². The number of rotatable bonds is 5. The Bertz CT molecular complexity index is 437. The molecule has 2 N–H and O–H groups in total. The predicted octanol–water partition coefficient (Wildman–Crippen LogP) is 2.12. The third-order valence-electron chi connectivity index (χ3n) is 3.54. The maximum atomic E-state index is 12.0. The van der Waals surface area contributed by atoms with Gasteiger partial charge in [-0.15, -0.1) is 0 Å². The van der Waals surface area contributed by atoms with Crippen LogP contribution in [0.1, 0.15) is 17.2 Å². The second kappa shape index (κ2) is 6.56. The van der Waals surface area contributed by atoms with Crippen molar-refractivity contribution < 1.29 is 17.9 Å². The van der Waals surface area contributed by atoms with E-state index in [-0.39, 0.29) is 12.6 Å². The van der Waals surface area contributed by atoms with Gasteiger partial charge >= 0.3 is 6.18 Å². The molecule has 0 bridgehead atoms. The minimum absolute atomic E-state index is 0.0643. The van der Waals surface area contributed by atoms with E-state index in [0.717, 1.165) is 13.0 Å². The summed E-state index contributed by atoms with van der Waals surface area (Å²) in [6.45, 7) is 0.597. The van der Waals surface area contributed by atoms with Gasteiger partial charge in [0.25, 0.3) is 0 Å². The van der Waals surface area contributed by atoms with Gasteiger partial charge in [-0.1, -0.05) is 24.3 Å². The molecule has 0 saturated carbocycles. The van der Waals surface area contributed by atoms with Crippen LogP contribution in [0.25, 0.3) is 0 Å². The third-order valence-corrected chi connectivity index (χ3v) is 3.54. The molecule has 0 spiro atoms. The van der Waals surface area contributed by atoms with Crippen LogP contribution in [0.4, 0.5) is 13.2 Å². The summed E-state index contributed by atoms with van der Waals surface area (Å²) >= 11 is 0. The second-order valence-corrected chi connectivity index (χ2v) is 4.90. The molecule has 0 aliphatic carbocycles. The fraction of sp³-hybridized carbons (Fsp3) is 0.571. The minimum atomic E-state index is -4.26. The number of fused-ring (bicyclic) bond motifs is 1. The van der Waals surface area contributed by atoms with Crippen molar-refractivity contribution in [3.8, 4) is 0 Å². The van der Waals surface area contributed by atoms with E-state index in [1.807, 2.05) is 18.2 Å². The van der Waals surface area contributed by atoms with Gasteiger partial charge in [-0.05, 0) is 17.5 Å². The summed E-state index contributed by atoms with van der Waals surface area (Å²) in [4.78, 5) is 2.10. The molecule has 1 aromatic carbocycles. The summed E-state index contributed by atoms with van der Waals surface area (Å²) in [5, 5.41) is 0. The van der Waals surface area contributed by atoms with Crippen LogP contribution in [0.2, 0.25) is 0 Å². The van der Waals surface area contributed by atoms with Gasteiger partial charge in [0.05, 0.1) is 6.61 Å². The van der Waals surface area contributed by atoms with Gasteiger partial charge in [-0.3, -0.25) is 4.90 Å². The number of halogens is 3. The number of alkyl halides is 3. The molecule has 0 aromatic heterocycles. The molecular weight excluding hydrogens is 269 g/mol. The Morgan fingerprint density at radius 1 is 1.30 bits per heavy atom. The first-order valence-corrected chi connectivity index (χ1v) is 6.67. The Morgan fingerprint density at radius 2 is 2.05 bits per heavy atom. The Hall–Kier alpha value is -1.11. The summed E-state index contributed by atoms with van der Waals surface area (Å²) in [7, 11) is 0. The summed E-state index contributed by atoms with van der Waals surface area (Å²) in [5.41, 5.74) is 8.27. The highest BCUT2D eigenvalue weighted by Gasteiger charge is 2.28. The van der Waals surface area contributed by atoms with E-state index in [1.165, 1.54) is 11.1 Å². The Balaban J connectivity index is 1.90. The van der Waals surface area contributed by atoms with Crippen LogP contribution in [0, 0.1) is 0 Å². The highest BCUT2D eigenvalue weighted by atomic mass is 19.4. The van der Waals surface area contributed by atoms with Crippen molar-refractivity contribution in [2.24, 2.45) is 5.73 Å². The molecule has 20 heavy (non-hydrogen) atoms. The molecule has 0 saturated heterocycles. The predicted molar refractivity (Wildman–Crippen MR) is 70.4 cm³/mol. The molecule has 1 unspecified atom stereocenters. The zero-order valence-electron chi connectivity index (χ0n) is 11.2. The molecule has 1 aliphatic heterocycles. The van der Waals surface area contributed by atoms with Gasteiger partial charge in [0, 0.05) is 25.7 Å². The summed E-state index contributed by atoms with van der Waals surface area (Å²) in [5.74, 6) is 0. The van der Waals surface area contributed by atoms with Gasteiger partial charge < -0.3 is 10.5 Å². The van der Waals surface area contributed by atoms with Gasteiger partial charge in [0.2, 0.25) is 0 Å². The maximum absolute atomic E-state index is 12.0. The van der Waals surface area contributed by atoms with E-state index in [2.05, 4.69) is 15.7 Å². The molecule has 3 nitrogen and oxygen atoms in total.